The molecule has 0 amide bonds. The number of hydrogen-bond acceptors (Lipinski definition) is 2. The normalized spacial score (nSPS) is 10.4. The molecule has 0 aliphatic carbocycles. The van der Waals surface area contributed by atoms with Crippen LogP contribution in [0.1, 0.15) is 11.3 Å². The third-order valence-electron chi connectivity index (χ3n) is 3.09. The van der Waals surface area contributed by atoms with E-state index >= 15 is 0 Å². The predicted molar refractivity (Wildman–Crippen MR) is 81.7 cm³/mol. The van der Waals surface area contributed by atoms with Gasteiger partial charge in [0.05, 0.1) is 11.4 Å². The average molecular weight is 281 g/mol. The number of aromatic nitrogens is 2. The predicted octanol–water partition coefficient (Wildman–Crippen LogP) is 4.39. The molecule has 2 aromatic carbocycles. The summed E-state index contributed by atoms with van der Waals surface area (Å²) < 4.78 is 0. The van der Waals surface area contributed by atoms with Gasteiger partial charge in [0.2, 0.25) is 0 Å². The van der Waals surface area contributed by atoms with Gasteiger partial charge in [0.1, 0.15) is 0 Å². The molecule has 0 aliphatic rings. The lowest BCUT2D eigenvalue weighted by Gasteiger charge is -2.03. The lowest BCUT2D eigenvalue weighted by Crippen LogP contribution is -1.95. The molecule has 0 bridgehead atoms. The van der Waals surface area contributed by atoms with Crippen molar-refractivity contribution in [1.82, 2.24) is 10.2 Å². The van der Waals surface area contributed by atoms with Crippen LogP contribution in [0.5, 0.6) is 0 Å². The maximum atomic E-state index is 5.88. The Morgan fingerprint density at radius 2 is 1.50 bits per heavy atom. The molecule has 0 aliphatic heterocycles. The number of nitrogens with zero attached hydrogens (tertiary/aromatic N) is 2. The van der Waals surface area contributed by atoms with Crippen molar-refractivity contribution in [2.75, 3.05) is 0 Å². The summed E-state index contributed by atoms with van der Waals surface area (Å²) in [5, 5.41) is 9.30. The van der Waals surface area contributed by atoms with E-state index in [0.29, 0.717) is 0 Å². The Hall–Kier alpha value is -2.19. The summed E-state index contributed by atoms with van der Waals surface area (Å²) in [6.07, 6.45) is 0.800. The first kappa shape index (κ1) is 12.8. The van der Waals surface area contributed by atoms with Crippen LogP contribution in [-0.4, -0.2) is 10.2 Å². The largest absolute Gasteiger partial charge is 0.155 e. The first-order chi connectivity index (χ1) is 9.81. The number of rotatable bonds is 3. The first-order valence-corrected chi connectivity index (χ1v) is 6.81. The van der Waals surface area contributed by atoms with E-state index in [0.717, 1.165) is 28.4 Å². The van der Waals surface area contributed by atoms with E-state index in [4.69, 9.17) is 11.6 Å². The van der Waals surface area contributed by atoms with Gasteiger partial charge in [0, 0.05) is 17.0 Å². The molecule has 0 N–H and O–H groups in total. The molecule has 0 saturated heterocycles. The fraction of sp³-hybridized carbons (Fsp3) is 0.0588. The molecular weight excluding hydrogens is 268 g/mol. The van der Waals surface area contributed by atoms with E-state index < -0.39 is 0 Å². The van der Waals surface area contributed by atoms with Crippen LogP contribution in [0, 0.1) is 0 Å². The Morgan fingerprint density at radius 3 is 2.15 bits per heavy atom. The Bertz CT molecular complexity index is 676. The zero-order valence-corrected chi connectivity index (χ0v) is 11.6. The van der Waals surface area contributed by atoms with Gasteiger partial charge in [-0.2, -0.15) is 10.2 Å². The highest BCUT2D eigenvalue weighted by molar-refractivity contribution is 6.30. The Kier molecular flexibility index (Phi) is 3.75. The molecule has 3 heteroatoms. The number of hydrogen-bond donors (Lipinski definition) is 0. The lowest BCUT2D eigenvalue weighted by molar-refractivity contribution is 0.942. The van der Waals surface area contributed by atoms with E-state index in [2.05, 4.69) is 22.3 Å². The third kappa shape index (κ3) is 3.03. The van der Waals surface area contributed by atoms with E-state index in [1.807, 2.05) is 54.6 Å². The second-order valence-electron chi connectivity index (χ2n) is 4.58. The molecular formula is C17H13ClN2. The van der Waals surface area contributed by atoms with Crippen LogP contribution < -0.4 is 0 Å². The summed E-state index contributed by atoms with van der Waals surface area (Å²) in [6.45, 7) is 0. The van der Waals surface area contributed by atoms with Crippen molar-refractivity contribution in [2.45, 2.75) is 6.42 Å². The SMILES string of the molecule is Clc1ccc(-c2ccc(Cc3ccccc3)nn2)cc1. The van der Waals surface area contributed by atoms with Crippen molar-refractivity contribution < 1.29 is 0 Å². The van der Waals surface area contributed by atoms with Crippen molar-refractivity contribution in [3.63, 3.8) is 0 Å². The minimum atomic E-state index is 0.724. The highest BCUT2D eigenvalue weighted by Crippen LogP contribution is 2.19. The van der Waals surface area contributed by atoms with Crippen LogP contribution in [0.25, 0.3) is 11.3 Å². The van der Waals surface area contributed by atoms with Gasteiger partial charge in [-0.05, 0) is 29.8 Å². The molecule has 0 atom stereocenters. The van der Waals surface area contributed by atoms with E-state index in [1.54, 1.807) is 0 Å². The van der Waals surface area contributed by atoms with Crippen LogP contribution >= 0.6 is 11.6 Å². The van der Waals surface area contributed by atoms with E-state index in [-0.39, 0.29) is 0 Å². The molecule has 98 valence electrons. The molecule has 0 saturated carbocycles. The molecule has 3 aromatic rings. The molecule has 20 heavy (non-hydrogen) atoms. The van der Waals surface area contributed by atoms with Crippen molar-refractivity contribution >= 4 is 11.6 Å². The highest BCUT2D eigenvalue weighted by Gasteiger charge is 2.02. The lowest BCUT2D eigenvalue weighted by atomic mass is 10.1. The van der Waals surface area contributed by atoms with Gasteiger partial charge < -0.3 is 0 Å². The minimum absolute atomic E-state index is 0.724. The Balaban J connectivity index is 1.79. The van der Waals surface area contributed by atoms with Crippen LogP contribution in [0.15, 0.2) is 66.7 Å². The first-order valence-electron chi connectivity index (χ1n) is 6.44. The van der Waals surface area contributed by atoms with Gasteiger partial charge in [0.15, 0.2) is 0 Å². The Labute approximate surface area is 123 Å². The maximum Gasteiger partial charge on any atom is 0.0929 e. The maximum absolute atomic E-state index is 5.88. The molecule has 0 unspecified atom stereocenters. The van der Waals surface area contributed by atoms with E-state index in [1.165, 1.54) is 5.56 Å². The average Bonchev–Trinajstić information content (AvgIpc) is 2.50. The van der Waals surface area contributed by atoms with E-state index in [9.17, 15) is 0 Å². The van der Waals surface area contributed by atoms with Gasteiger partial charge in [0.25, 0.3) is 0 Å². The van der Waals surface area contributed by atoms with Gasteiger partial charge in [-0.3, -0.25) is 0 Å². The quantitative estimate of drug-likeness (QED) is 0.711. The smallest absolute Gasteiger partial charge is 0.0929 e. The summed E-state index contributed by atoms with van der Waals surface area (Å²) in [4.78, 5) is 0. The molecule has 1 heterocycles. The molecule has 1 aromatic heterocycles. The summed E-state index contributed by atoms with van der Waals surface area (Å²) in [5.74, 6) is 0. The van der Waals surface area contributed by atoms with Crippen LogP contribution in [0.2, 0.25) is 5.02 Å². The zero-order valence-electron chi connectivity index (χ0n) is 10.8. The molecule has 0 spiro atoms. The summed E-state index contributed by atoms with van der Waals surface area (Å²) in [6, 6.07) is 21.9. The number of benzene rings is 2. The molecule has 3 rings (SSSR count). The highest BCUT2D eigenvalue weighted by atomic mass is 35.5. The fourth-order valence-corrected chi connectivity index (χ4v) is 2.16. The standard InChI is InChI=1S/C17H13ClN2/c18-15-8-6-14(7-9-15)17-11-10-16(19-20-17)12-13-4-2-1-3-5-13/h1-11H,12H2. The second kappa shape index (κ2) is 5.85. The Morgan fingerprint density at radius 1 is 0.750 bits per heavy atom. The van der Waals surface area contributed by atoms with Gasteiger partial charge in [-0.15, -0.1) is 0 Å². The fourth-order valence-electron chi connectivity index (χ4n) is 2.03. The zero-order chi connectivity index (χ0) is 13.8. The van der Waals surface area contributed by atoms with Gasteiger partial charge in [-0.25, -0.2) is 0 Å². The van der Waals surface area contributed by atoms with Crippen molar-refractivity contribution in [3.8, 4) is 11.3 Å². The third-order valence-corrected chi connectivity index (χ3v) is 3.34. The monoisotopic (exact) mass is 280 g/mol. The summed E-state index contributed by atoms with van der Waals surface area (Å²) >= 11 is 5.88. The van der Waals surface area contributed by atoms with Crippen LogP contribution in [0.4, 0.5) is 0 Å². The van der Waals surface area contributed by atoms with Crippen LogP contribution in [-0.2, 0) is 6.42 Å². The molecule has 2 nitrogen and oxygen atoms in total. The summed E-state index contributed by atoms with van der Waals surface area (Å²) in [7, 11) is 0. The number of halogens is 1. The van der Waals surface area contributed by atoms with Gasteiger partial charge in [-0.1, -0.05) is 54.1 Å². The van der Waals surface area contributed by atoms with Gasteiger partial charge >= 0.3 is 0 Å². The van der Waals surface area contributed by atoms with Crippen LogP contribution in [0.3, 0.4) is 0 Å². The van der Waals surface area contributed by atoms with Crippen molar-refractivity contribution in [1.29, 1.82) is 0 Å². The second-order valence-corrected chi connectivity index (χ2v) is 5.02. The van der Waals surface area contributed by atoms with Crippen molar-refractivity contribution in [3.05, 3.63) is 83.0 Å². The molecule has 0 radical (unpaired) electrons. The van der Waals surface area contributed by atoms with Crippen molar-refractivity contribution in [2.24, 2.45) is 0 Å². The molecule has 0 fully saturated rings. The minimum Gasteiger partial charge on any atom is -0.155 e. The topological polar surface area (TPSA) is 25.8 Å². The summed E-state index contributed by atoms with van der Waals surface area (Å²) in [5.41, 5.74) is 4.08.